The Morgan fingerprint density at radius 1 is 1.19 bits per heavy atom. The summed E-state index contributed by atoms with van der Waals surface area (Å²) < 4.78 is 0. The van der Waals surface area contributed by atoms with Gasteiger partial charge in [-0.05, 0) is 36.4 Å². The van der Waals surface area contributed by atoms with Gasteiger partial charge >= 0.3 is 0 Å². The van der Waals surface area contributed by atoms with Gasteiger partial charge in [0.1, 0.15) is 5.82 Å². The minimum atomic E-state index is -0.225. The lowest BCUT2D eigenvalue weighted by atomic mass is 9.90. The fraction of sp³-hybridized carbons (Fsp3) is 0.250. The molecule has 1 aromatic carbocycles. The van der Waals surface area contributed by atoms with Crippen LogP contribution in [-0.4, -0.2) is 10.9 Å². The Morgan fingerprint density at radius 2 is 1.81 bits per heavy atom. The molecule has 0 aliphatic carbocycles. The van der Waals surface area contributed by atoms with Crippen molar-refractivity contribution in [3.8, 4) is 0 Å². The Labute approximate surface area is 129 Å². The molecule has 0 aliphatic rings. The van der Waals surface area contributed by atoms with Gasteiger partial charge in [0.05, 0.1) is 0 Å². The highest BCUT2D eigenvalue weighted by Crippen LogP contribution is 2.23. The van der Waals surface area contributed by atoms with Crippen LogP contribution in [0.25, 0.3) is 0 Å². The third kappa shape index (κ3) is 3.95. The minimum absolute atomic E-state index is 0.176. The van der Waals surface area contributed by atoms with E-state index < -0.39 is 0 Å². The van der Waals surface area contributed by atoms with E-state index >= 15 is 0 Å². The average Bonchev–Trinajstić information content (AvgIpc) is 2.39. The smallest absolute Gasteiger partial charge is 0.255 e. The summed E-state index contributed by atoms with van der Waals surface area (Å²) in [5.74, 6) is 0.112. The van der Waals surface area contributed by atoms with Crippen molar-refractivity contribution in [3.63, 3.8) is 0 Å². The number of nitrogens with one attached hydrogen (secondary N) is 1. The third-order valence-electron chi connectivity index (χ3n) is 2.98. The molecule has 0 saturated heterocycles. The SMILES string of the molecule is CC(C)(C)c1cc(C(=O)Nc2ccc(Cl)cc2)cc(N)n1. The molecule has 0 unspecified atom stereocenters. The molecule has 2 aromatic rings. The van der Waals surface area contributed by atoms with Gasteiger partial charge in [0.2, 0.25) is 0 Å². The number of carbonyl (C=O) groups is 1. The summed E-state index contributed by atoms with van der Waals surface area (Å²) in [6.07, 6.45) is 0. The number of hydrogen-bond acceptors (Lipinski definition) is 3. The van der Waals surface area contributed by atoms with Crippen LogP contribution in [0.5, 0.6) is 0 Å². The molecule has 1 amide bonds. The quantitative estimate of drug-likeness (QED) is 0.885. The highest BCUT2D eigenvalue weighted by atomic mass is 35.5. The van der Waals surface area contributed by atoms with Crippen LogP contribution in [-0.2, 0) is 5.41 Å². The van der Waals surface area contributed by atoms with E-state index in [1.165, 1.54) is 0 Å². The predicted molar refractivity (Wildman–Crippen MR) is 86.8 cm³/mol. The van der Waals surface area contributed by atoms with Crippen molar-refractivity contribution in [1.29, 1.82) is 0 Å². The van der Waals surface area contributed by atoms with Crippen molar-refractivity contribution < 1.29 is 4.79 Å². The molecule has 4 nitrogen and oxygen atoms in total. The highest BCUT2D eigenvalue weighted by Gasteiger charge is 2.18. The zero-order chi connectivity index (χ0) is 15.6. The zero-order valence-electron chi connectivity index (χ0n) is 12.3. The number of halogens is 1. The average molecular weight is 304 g/mol. The third-order valence-corrected chi connectivity index (χ3v) is 3.23. The van der Waals surface area contributed by atoms with Crippen LogP contribution in [0.1, 0.15) is 36.8 Å². The fourth-order valence-electron chi connectivity index (χ4n) is 1.80. The number of benzene rings is 1. The number of nitrogens with two attached hydrogens (primary N) is 1. The first-order chi connectivity index (χ1) is 9.75. The van der Waals surface area contributed by atoms with Crippen LogP contribution in [0, 0.1) is 0 Å². The van der Waals surface area contributed by atoms with Gasteiger partial charge in [-0.2, -0.15) is 0 Å². The van der Waals surface area contributed by atoms with Gasteiger partial charge in [-0.25, -0.2) is 4.98 Å². The van der Waals surface area contributed by atoms with Crippen LogP contribution in [0.4, 0.5) is 11.5 Å². The van der Waals surface area contributed by atoms with E-state index in [-0.39, 0.29) is 11.3 Å². The number of nitrogens with zero attached hydrogens (tertiary/aromatic N) is 1. The first-order valence-electron chi connectivity index (χ1n) is 6.61. The van der Waals surface area contributed by atoms with Crippen molar-refractivity contribution in [1.82, 2.24) is 4.98 Å². The molecule has 1 aromatic heterocycles. The maximum absolute atomic E-state index is 12.3. The van der Waals surface area contributed by atoms with Crippen molar-refractivity contribution in [2.24, 2.45) is 0 Å². The molecular formula is C16H18ClN3O. The number of amides is 1. The first-order valence-corrected chi connectivity index (χ1v) is 6.98. The lowest BCUT2D eigenvalue weighted by Crippen LogP contribution is -2.18. The molecule has 5 heteroatoms. The summed E-state index contributed by atoms with van der Waals surface area (Å²) in [4.78, 5) is 16.6. The molecular weight excluding hydrogens is 286 g/mol. The second-order valence-electron chi connectivity index (χ2n) is 5.88. The molecule has 0 bridgehead atoms. The largest absolute Gasteiger partial charge is 0.384 e. The maximum Gasteiger partial charge on any atom is 0.255 e. The van der Waals surface area contributed by atoms with Crippen LogP contribution in [0.15, 0.2) is 36.4 Å². The minimum Gasteiger partial charge on any atom is -0.384 e. The molecule has 3 N–H and O–H groups in total. The molecule has 0 atom stereocenters. The maximum atomic E-state index is 12.3. The van der Waals surface area contributed by atoms with E-state index in [2.05, 4.69) is 10.3 Å². The van der Waals surface area contributed by atoms with Crippen molar-refractivity contribution in [3.05, 3.63) is 52.7 Å². The van der Waals surface area contributed by atoms with Crippen molar-refractivity contribution in [2.45, 2.75) is 26.2 Å². The predicted octanol–water partition coefficient (Wildman–Crippen LogP) is 3.87. The van der Waals surface area contributed by atoms with Gasteiger partial charge in [-0.1, -0.05) is 32.4 Å². The summed E-state index contributed by atoms with van der Waals surface area (Å²) in [5, 5.41) is 3.43. The summed E-state index contributed by atoms with van der Waals surface area (Å²) in [6.45, 7) is 6.07. The molecule has 0 spiro atoms. The van der Waals surface area contributed by atoms with Gasteiger partial charge in [0, 0.05) is 27.4 Å². The van der Waals surface area contributed by atoms with Crippen LogP contribution >= 0.6 is 11.6 Å². The van der Waals surface area contributed by atoms with E-state index in [4.69, 9.17) is 17.3 Å². The molecule has 21 heavy (non-hydrogen) atoms. The monoisotopic (exact) mass is 303 g/mol. The van der Waals surface area contributed by atoms with Gasteiger partial charge < -0.3 is 11.1 Å². The second kappa shape index (κ2) is 5.74. The molecule has 0 aliphatic heterocycles. The summed E-state index contributed by atoms with van der Waals surface area (Å²) >= 11 is 5.82. The van der Waals surface area contributed by atoms with Crippen molar-refractivity contribution in [2.75, 3.05) is 11.1 Å². The first kappa shape index (κ1) is 15.3. The van der Waals surface area contributed by atoms with Crippen LogP contribution in [0.2, 0.25) is 5.02 Å². The standard InChI is InChI=1S/C16H18ClN3O/c1-16(2,3)13-8-10(9-14(18)20-13)15(21)19-12-6-4-11(17)5-7-12/h4-9H,1-3H3,(H2,18,20)(H,19,21). The zero-order valence-corrected chi connectivity index (χ0v) is 13.0. The molecule has 110 valence electrons. The number of aromatic nitrogens is 1. The lowest BCUT2D eigenvalue weighted by molar-refractivity contribution is 0.102. The number of nitrogen functional groups attached to an aromatic ring is 1. The van der Waals surface area contributed by atoms with E-state index in [9.17, 15) is 4.79 Å². The highest BCUT2D eigenvalue weighted by molar-refractivity contribution is 6.30. The Balaban J connectivity index is 2.27. The summed E-state index contributed by atoms with van der Waals surface area (Å²) in [6, 6.07) is 10.3. The number of hydrogen-bond donors (Lipinski definition) is 2. The number of anilines is 2. The van der Waals surface area contributed by atoms with Crippen LogP contribution in [0.3, 0.4) is 0 Å². The van der Waals surface area contributed by atoms with E-state index in [0.717, 1.165) is 5.69 Å². The van der Waals surface area contributed by atoms with Gasteiger partial charge in [0.15, 0.2) is 0 Å². The molecule has 0 fully saturated rings. The lowest BCUT2D eigenvalue weighted by Gasteiger charge is -2.19. The number of rotatable bonds is 2. The Kier molecular flexibility index (Phi) is 4.19. The van der Waals surface area contributed by atoms with E-state index in [1.54, 1.807) is 36.4 Å². The van der Waals surface area contributed by atoms with Gasteiger partial charge in [-0.3, -0.25) is 4.79 Å². The summed E-state index contributed by atoms with van der Waals surface area (Å²) in [5.41, 5.74) is 7.57. The molecule has 2 rings (SSSR count). The molecule has 0 radical (unpaired) electrons. The topological polar surface area (TPSA) is 68.0 Å². The summed E-state index contributed by atoms with van der Waals surface area (Å²) in [7, 11) is 0. The Morgan fingerprint density at radius 3 is 2.38 bits per heavy atom. The Hall–Kier alpha value is -2.07. The van der Waals surface area contributed by atoms with E-state index in [0.29, 0.717) is 22.1 Å². The van der Waals surface area contributed by atoms with E-state index in [1.807, 2.05) is 20.8 Å². The fourth-order valence-corrected chi connectivity index (χ4v) is 1.93. The molecule has 0 saturated carbocycles. The Bertz CT molecular complexity index is 660. The van der Waals surface area contributed by atoms with Gasteiger partial charge in [-0.15, -0.1) is 0 Å². The normalized spacial score (nSPS) is 11.2. The second-order valence-corrected chi connectivity index (χ2v) is 6.31. The van der Waals surface area contributed by atoms with Crippen molar-refractivity contribution >= 4 is 29.0 Å². The van der Waals surface area contributed by atoms with Gasteiger partial charge in [0.25, 0.3) is 5.91 Å². The molecule has 1 heterocycles. The number of pyridine rings is 1. The van der Waals surface area contributed by atoms with Crippen LogP contribution < -0.4 is 11.1 Å². The number of carbonyl (C=O) groups excluding carboxylic acids is 1.